The predicted octanol–water partition coefficient (Wildman–Crippen LogP) is 2.05. The number of carbonyl (C=O) groups is 1. The summed E-state index contributed by atoms with van der Waals surface area (Å²) in [5.41, 5.74) is 1.95. The number of hydrogen-bond donors (Lipinski definition) is 1. The van der Waals surface area contributed by atoms with Gasteiger partial charge in [-0.15, -0.1) is 11.6 Å². The van der Waals surface area contributed by atoms with Gasteiger partial charge < -0.3 is 10.1 Å². The molecule has 0 aliphatic heterocycles. The molecule has 1 amide bonds. The number of methoxy groups -OCH3 is 1. The zero-order chi connectivity index (χ0) is 11.1. The van der Waals surface area contributed by atoms with Crippen LogP contribution in [0.3, 0.4) is 0 Å². The molecule has 1 N–H and O–H groups in total. The number of carbonyl (C=O) groups excluding carboxylic acids is 1. The Morgan fingerprint density at radius 1 is 1.40 bits per heavy atom. The van der Waals surface area contributed by atoms with Gasteiger partial charge in [-0.3, -0.25) is 4.79 Å². The number of benzene rings is 1. The summed E-state index contributed by atoms with van der Waals surface area (Å²) in [6.07, 6.45) is 0.875. The third-order valence-electron chi connectivity index (χ3n) is 1.95. The van der Waals surface area contributed by atoms with Crippen molar-refractivity contribution in [2.75, 3.05) is 24.9 Å². The number of halogens is 1. The van der Waals surface area contributed by atoms with Gasteiger partial charge in [0.15, 0.2) is 0 Å². The molecule has 0 unspecified atom stereocenters. The van der Waals surface area contributed by atoms with Crippen molar-refractivity contribution in [2.45, 2.75) is 6.42 Å². The van der Waals surface area contributed by atoms with Gasteiger partial charge in [0, 0.05) is 12.8 Å². The molecule has 0 aliphatic carbocycles. The minimum Gasteiger partial charge on any atom is -0.384 e. The molecule has 1 aromatic rings. The first kappa shape index (κ1) is 12.0. The molecule has 15 heavy (non-hydrogen) atoms. The molecule has 0 atom stereocenters. The summed E-state index contributed by atoms with van der Waals surface area (Å²) >= 11 is 5.37. The number of anilines is 1. The molecule has 1 aromatic carbocycles. The van der Waals surface area contributed by atoms with Crippen LogP contribution in [0, 0.1) is 0 Å². The summed E-state index contributed by atoms with van der Waals surface area (Å²) < 4.78 is 4.97. The Bertz CT molecular complexity index is 311. The fourth-order valence-electron chi connectivity index (χ4n) is 1.17. The van der Waals surface area contributed by atoms with Gasteiger partial charge in [-0.25, -0.2) is 0 Å². The summed E-state index contributed by atoms with van der Waals surface area (Å²) in [6.45, 7) is 0.702. The minimum atomic E-state index is -0.193. The number of ether oxygens (including phenoxy) is 1. The first-order valence-corrected chi connectivity index (χ1v) is 5.23. The Kier molecular flexibility index (Phi) is 5.15. The number of alkyl halides is 1. The second kappa shape index (κ2) is 6.43. The second-order valence-electron chi connectivity index (χ2n) is 3.12. The summed E-state index contributed by atoms with van der Waals surface area (Å²) in [5.74, 6) is -0.216. The third kappa shape index (κ3) is 4.32. The molecule has 0 saturated carbocycles. The summed E-state index contributed by atoms with van der Waals surface area (Å²) in [7, 11) is 1.68. The SMILES string of the molecule is COCCc1ccc(NC(=O)CCl)cc1. The van der Waals surface area contributed by atoms with E-state index in [0.717, 1.165) is 12.1 Å². The molecule has 0 aromatic heterocycles. The Morgan fingerprint density at radius 2 is 2.07 bits per heavy atom. The molecule has 0 bridgehead atoms. The minimum absolute atomic E-state index is 0.0224. The van der Waals surface area contributed by atoms with Crippen molar-refractivity contribution in [3.05, 3.63) is 29.8 Å². The molecule has 0 heterocycles. The lowest BCUT2D eigenvalue weighted by molar-refractivity contribution is -0.113. The second-order valence-corrected chi connectivity index (χ2v) is 3.39. The largest absolute Gasteiger partial charge is 0.384 e. The molecule has 3 nitrogen and oxygen atoms in total. The number of nitrogens with one attached hydrogen (secondary N) is 1. The molecule has 0 saturated heterocycles. The molecule has 82 valence electrons. The van der Waals surface area contributed by atoms with E-state index in [1.807, 2.05) is 24.3 Å². The maximum Gasteiger partial charge on any atom is 0.239 e. The Morgan fingerprint density at radius 3 is 2.60 bits per heavy atom. The summed E-state index contributed by atoms with van der Waals surface area (Å²) in [4.78, 5) is 11.0. The van der Waals surface area contributed by atoms with Gasteiger partial charge in [-0.2, -0.15) is 0 Å². The highest BCUT2D eigenvalue weighted by molar-refractivity contribution is 6.29. The van der Waals surface area contributed by atoms with Gasteiger partial charge in [0.2, 0.25) is 5.91 Å². The first-order chi connectivity index (χ1) is 7.26. The van der Waals surface area contributed by atoms with E-state index in [1.165, 1.54) is 5.56 Å². The molecular formula is C11H14ClNO2. The molecule has 1 rings (SSSR count). The summed E-state index contributed by atoms with van der Waals surface area (Å²) in [5, 5.41) is 2.67. The zero-order valence-electron chi connectivity index (χ0n) is 8.63. The zero-order valence-corrected chi connectivity index (χ0v) is 9.38. The van der Waals surface area contributed by atoms with Gasteiger partial charge in [0.25, 0.3) is 0 Å². The normalized spacial score (nSPS) is 10.0. The van der Waals surface area contributed by atoms with Crippen LogP contribution in [-0.2, 0) is 16.0 Å². The molecule has 0 fully saturated rings. The van der Waals surface area contributed by atoms with Crippen LogP contribution in [-0.4, -0.2) is 25.5 Å². The highest BCUT2D eigenvalue weighted by atomic mass is 35.5. The van der Waals surface area contributed by atoms with E-state index >= 15 is 0 Å². The van der Waals surface area contributed by atoms with Crippen LogP contribution >= 0.6 is 11.6 Å². The molecule has 4 heteroatoms. The lowest BCUT2D eigenvalue weighted by atomic mass is 10.1. The Balaban J connectivity index is 2.52. The van der Waals surface area contributed by atoms with E-state index in [-0.39, 0.29) is 11.8 Å². The smallest absolute Gasteiger partial charge is 0.239 e. The van der Waals surface area contributed by atoms with E-state index < -0.39 is 0 Å². The van der Waals surface area contributed by atoms with E-state index in [4.69, 9.17) is 16.3 Å². The third-order valence-corrected chi connectivity index (χ3v) is 2.20. The summed E-state index contributed by atoms with van der Waals surface area (Å²) in [6, 6.07) is 7.64. The lowest BCUT2D eigenvalue weighted by Gasteiger charge is -2.04. The predicted molar refractivity (Wildman–Crippen MR) is 61.4 cm³/mol. The van der Waals surface area contributed by atoms with Crippen LogP contribution < -0.4 is 5.32 Å². The highest BCUT2D eigenvalue weighted by Crippen LogP contribution is 2.10. The van der Waals surface area contributed by atoms with Crippen LogP contribution in [0.5, 0.6) is 0 Å². The van der Waals surface area contributed by atoms with Gasteiger partial charge >= 0.3 is 0 Å². The van der Waals surface area contributed by atoms with Crippen LogP contribution in [0.1, 0.15) is 5.56 Å². The molecule has 0 radical (unpaired) electrons. The molecular weight excluding hydrogens is 214 g/mol. The van der Waals surface area contributed by atoms with Crippen LogP contribution in [0.4, 0.5) is 5.69 Å². The van der Waals surface area contributed by atoms with Crippen molar-refractivity contribution in [3.8, 4) is 0 Å². The number of amides is 1. The monoisotopic (exact) mass is 227 g/mol. The van der Waals surface area contributed by atoms with E-state index in [9.17, 15) is 4.79 Å². The van der Waals surface area contributed by atoms with Crippen LogP contribution in [0.2, 0.25) is 0 Å². The molecule has 0 spiro atoms. The average Bonchev–Trinajstić information content (AvgIpc) is 2.28. The van der Waals surface area contributed by atoms with E-state index in [2.05, 4.69) is 5.32 Å². The Hall–Kier alpha value is -1.06. The van der Waals surface area contributed by atoms with E-state index in [0.29, 0.717) is 6.61 Å². The topological polar surface area (TPSA) is 38.3 Å². The van der Waals surface area contributed by atoms with Crippen molar-refractivity contribution >= 4 is 23.2 Å². The van der Waals surface area contributed by atoms with Crippen LogP contribution in [0.25, 0.3) is 0 Å². The van der Waals surface area contributed by atoms with E-state index in [1.54, 1.807) is 7.11 Å². The highest BCUT2D eigenvalue weighted by Gasteiger charge is 1.99. The van der Waals surface area contributed by atoms with Gasteiger partial charge in [0.1, 0.15) is 5.88 Å². The van der Waals surface area contributed by atoms with Crippen LogP contribution in [0.15, 0.2) is 24.3 Å². The average molecular weight is 228 g/mol. The van der Waals surface area contributed by atoms with Crippen molar-refractivity contribution in [3.63, 3.8) is 0 Å². The quantitative estimate of drug-likeness (QED) is 0.782. The van der Waals surface area contributed by atoms with Crippen molar-refractivity contribution in [2.24, 2.45) is 0 Å². The van der Waals surface area contributed by atoms with Crippen molar-refractivity contribution < 1.29 is 9.53 Å². The molecule has 0 aliphatic rings. The number of rotatable bonds is 5. The van der Waals surface area contributed by atoms with Gasteiger partial charge in [-0.05, 0) is 24.1 Å². The maximum absolute atomic E-state index is 11.0. The lowest BCUT2D eigenvalue weighted by Crippen LogP contribution is -2.12. The standard InChI is InChI=1S/C11H14ClNO2/c1-15-7-6-9-2-4-10(5-3-9)13-11(14)8-12/h2-5H,6-8H2,1H3,(H,13,14). The number of hydrogen-bond acceptors (Lipinski definition) is 2. The fraction of sp³-hybridized carbons (Fsp3) is 0.364. The fourth-order valence-corrected chi connectivity index (χ4v) is 1.24. The van der Waals surface area contributed by atoms with Gasteiger partial charge in [-0.1, -0.05) is 12.1 Å². The van der Waals surface area contributed by atoms with Gasteiger partial charge in [0.05, 0.1) is 6.61 Å². The van der Waals surface area contributed by atoms with Crippen molar-refractivity contribution in [1.29, 1.82) is 0 Å². The van der Waals surface area contributed by atoms with Crippen molar-refractivity contribution in [1.82, 2.24) is 0 Å². The maximum atomic E-state index is 11.0. The Labute approximate surface area is 94.4 Å². The first-order valence-electron chi connectivity index (χ1n) is 4.70.